The van der Waals surface area contributed by atoms with Crippen LogP contribution in [-0.2, 0) is 14.8 Å². The molecular formula is C15H16N2O6S. The largest absolute Gasteiger partial charge is 0.508 e. The van der Waals surface area contributed by atoms with E-state index in [2.05, 4.69) is 10.0 Å². The van der Waals surface area contributed by atoms with Crippen molar-refractivity contribution in [1.82, 2.24) is 4.72 Å². The Labute approximate surface area is 138 Å². The van der Waals surface area contributed by atoms with Gasteiger partial charge in [-0.3, -0.25) is 4.79 Å². The number of aliphatic hydroxyl groups is 2. The molecule has 0 aliphatic rings. The van der Waals surface area contributed by atoms with Crippen LogP contribution in [0.3, 0.4) is 0 Å². The molecule has 0 radical (unpaired) electrons. The van der Waals surface area contributed by atoms with Crippen molar-refractivity contribution in [3.63, 3.8) is 0 Å². The molecule has 0 aliphatic carbocycles. The van der Waals surface area contributed by atoms with E-state index in [4.69, 9.17) is 5.11 Å². The summed E-state index contributed by atoms with van der Waals surface area (Å²) in [7, 11) is -4.10. The van der Waals surface area contributed by atoms with Gasteiger partial charge in [0.15, 0.2) is 6.29 Å². The van der Waals surface area contributed by atoms with Crippen LogP contribution in [0.25, 0.3) is 0 Å². The molecule has 2 rings (SSSR count). The van der Waals surface area contributed by atoms with Crippen molar-refractivity contribution in [3.05, 3.63) is 54.1 Å². The topological polar surface area (TPSA) is 136 Å². The van der Waals surface area contributed by atoms with Crippen LogP contribution in [-0.4, -0.2) is 36.2 Å². The van der Waals surface area contributed by atoms with E-state index in [1.807, 2.05) is 0 Å². The summed E-state index contributed by atoms with van der Waals surface area (Å²) in [4.78, 5) is 11.5. The van der Waals surface area contributed by atoms with E-state index < -0.39 is 28.8 Å². The minimum absolute atomic E-state index is 0.0351. The van der Waals surface area contributed by atoms with Crippen molar-refractivity contribution < 1.29 is 28.5 Å². The number of amides is 1. The number of phenols is 1. The molecule has 0 unspecified atom stereocenters. The number of nitrogens with one attached hydrogen (secondary N) is 2. The smallest absolute Gasteiger partial charge is 0.241 e. The zero-order chi connectivity index (χ0) is 17.7. The molecule has 0 aliphatic heterocycles. The maximum Gasteiger partial charge on any atom is 0.241 e. The molecule has 0 heterocycles. The Kier molecular flexibility index (Phi) is 5.52. The molecule has 8 nitrogen and oxygen atoms in total. The summed E-state index contributed by atoms with van der Waals surface area (Å²) in [5, 5.41) is 30.1. The minimum atomic E-state index is -4.10. The molecule has 0 spiro atoms. The first-order chi connectivity index (χ1) is 11.3. The predicted octanol–water partition coefficient (Wildman–Crippen LogP) is 0.292. The van der Waals surface area contributed by atoms with Gasteiger partial charge in [0.1, 0.15) is 5.75 Å². The highest BCUT2D eigenvalue weighted by Crippen LogP contribution is 2.20. The molecule has 0 saturated heterocycles. The van der Waals surface area contributed by atoms with Crippen LogP contribution in [0.2, 0.25) is 0 Å². The number of aliphatic hydroxyl groups excluding tert-OH is 1. The average molecular weight is 352 g/mol. The van der Waals surface area contributed by atoms with E-state index in [0.717, 1.165) is 0 Å². The molecule has 5 N–H and O–H groups in total. The molecule has 2 aromatic rings. The van der Waals surface area contributed by atoms with Gasteiger partial charge in [0.05, 0.1) is 11.4 Å². The van der Waals surface area contributed by atoms with Gasteiger partial charge >= 0.3 is 0 Å². The standard InChI is InChI=1S/C15H16N2O6S/c18-11-7-5-10(6-8-11)17-14(19)9-16-24(22,23)13-4-2-1-3-12(13)15(20)21/h1-8,15-16,18,20-21H,9H2,(H,17,19). The van der Waals surface area contributed by atoms with Gasteiger partial charge in [-0.15, -0.1) is 0 Å². The first kappa shape index (κ1) is 17.9. The summed E-state index contributed by atoms with van der Waals surface area (Å²) in [5.74, 6) is -0.584. The summed E-state index contributed by atoms with van der Waals surface area (Å²) in [5.41, 5.74) is 0.201. The Morgan fingerprint density at radius 1 is 1.04 bits per heavy atom. The second-order valence-corrected chi connectivity index (χ2v) is 6.57. The van der Waals surface area contributed by atoms with Gasteiger partial charge in [-0.05, 0) is 30.3 Å². The van der Waals surface area contributed by atoms with Crippen molar-refractivity contribution in [2.75, 3.05) is 11.9 Å². The summed E-state index contributed by atoms with van der Waals surface area (Å²) >= 11 is 0. The van der Waals surface area contributed by atoms with E-state index in [1.165, 1.54) is 48.5 Å². The van der Waals surface area contributed by atoms with E-state index in [-0.39, 0.29) is 16.2 Å². The number of hydrogen-bond acceptors (Lipinski definition) is 6. The van der Waals surface area contributed by atoms with Crippen LogP contribution in [0.5, 0.6) is 5.75 Å². The number of aromatic hydroxyl groups is 1. The summed E-state index contributed by atoms with van der Waals surface area (Å²) in [6.07, 6.45) is -1.96. The molecule has 0 saturated carbocycles. The van der Waals surface area contributed by atoms with Gasteiger partial charge in [0, 0.05) is 11.3 Å². The van der Waals surface area contributed by atoms with E-state index in [0.29, 0.717) is 5.69 Å². The van der Waals surface area contributed by atoms with Crippen LogP contribution in [0.4, 0.5) is 5.69 Å². The van der Waals surface area contributed by atoms with E-state index in [9.17, 15) is 23.4 Å². The fourth-order valence-corrected chi connectivity index (χ4v) is 3.14. The quantitative estimate of drug-likeness (QED) is 0.374. The second-order valence-electron chi connectivity index (χ2n) is 4.83. The highest BCUT2D eigenvalue weighted by atomic mass is 32.2. The molecular weight excluding hydrogens is 336 g/mol. The molecule has 0 aromatic heterocycles. The number of benzene rings is 2. The lowest BCUT2D eigenvalue weighted by Gasteiger charge is -2.12. The lowest BCUT2D eigenvalue weighted by Crippen LogP contribution is -2.33. The number of carbonyl (C=O) groups is 1. The van der Waals surface area contributed by atoms with Gasteiger partial charge in [0.2, 0.25) is 15.9 Å². The molecule has 9 heteroatoms. The van der Waals surface area contributed by atoms with E-state index in [1.54, 1.807) is 0 Å². The third-order valence-corrected chi connectivity index (χ3v) is 4.54. The van der Waals surface area contributed by atoms with Crippen molar-refractivity contribution in [3.8, 4) is 5.75 Å². The zero-order valence-corrected chi connectivity index (χ0v) is 13.2. The number of rotatable bonds is 6. The average Bonchev–Trinajstić information content (AvgIpc) is 2.55. The number of anilines is 1. The van der Waals surface area contributed by atoms with Gasteiger partial charge in [-0.25, -0.2) is 13.1 Å². The molecule has 0 atom stereocenters. The Morgan fingerprint density at radius 2 is 1.67 bits per heavy atom. The van der Waals surface area contributed by atoms with Gasteiger partial charge in [-0.2, -0.15) is 0 Å². The lowest BCUT2D eigenvalue weighted by molar-refractivity contribution is -0.115. The second kappa shape index (κ2) is 7.41. The Balaban J connectivity index is 2.05. The first-order valence-corrected chi connectivity index (χ1v) is 8.31. The lowest BCUT2D eigenvalue weighted by atomic mass is 10.2. The van der Waals surface area contributed by atoms with Crippen molar-refractivity contribution in [2.24, 2.45) is 0 Å². The van der Waals surface area contributed by atoms with Gasteiger partial charge in [0.25, 0.3) is 0 Å². The van der Waals surface area contributed by atoms with Crippen LogP contribution >= 0.6 is 0 Å². The summed E-state index contributed by atoms with van der Waals surface area (Å²) in [6, 6.07) is 11.0. The SMILES string of the molecule is O=C(CNS(=O)(=O)c1ccccc1C(O)O)Nc1ccc(O)cc1. The number of phenolic OH excluding ortho intramolecular Hbond substituents is 1. The molecule has 128 valence electrons. The molecule has 1 amide bonds. The van der Waals surface area contributed by atoms with Crippen LogP contribution in [0.15, 0.2) is 53.4 Å². The maximum atomic E-state index is 12.2. The normalized spacial score (nSPS) is 11.5. The molecule has 0 bridgehead atoms. The third-order valence-electron chi connectivity index (χ3n) is 3.06. The predicted molar refractivity (Wildman–Crippen MR) is 85.5 cm³/mol. The van der Waals surface area contributed by atoms with Crippen molar-refractivity contribution in [2.45, 2.75) is 11.2 Å². The number of sulfonamides is 1. The fourth-order valence-electron chi connectivity index (χ4n) is 1.93. The van der Waals surface area contributed by atoms with Crippen molar-refractivity contribution in [1.29, 1.82) is 0 Å². The van der Waals surface area contributed by atoms with Gasteiger partial charge in [-0.1, -0.05) is 18.2 Å². The number of carbonyl (C=O) groups excluding carboxylic acids is 1. The fraction of sp³-hybridized carbons (Fsp3) is 0.133. The van der Waals surface area contributed by atoms with Crippen LogP contribution < -0.4 is 10.0 Å². The third kappa shape index (κ3) is 4.52. The Morgan fingerprint density at radius 3 is 2.29 bits per heavy atom. The van der Waals surface area contributed by atoms with E-state index >= 15 is 0 Å². The highest BCUT2D eigenvalue weighted by molar-refractivity contribution is 7.89. The Bertz CT molecular complexity index is 818. The highest BCUT2D eigenvalue weighted by Gasteiger charge is 2.21. The molecule has 2 aromatic carbocycles. The van der Waals surface area contributed by atoms with Crippen molar-refractivity contribution >= 4 is 21.6 Å². The van der Waals surface area contributed by atoms with Gasteiger partial charge < -0.3 is 20.6 Å². The molecule has 0 fully saturated rings. The minimum Gasteiger partial charge on any atom is -0.508 e. The monoisotopic (exact) mass is 352 g/mol. The summed E-state index contributed by atoms with van der Waals surface area (Å²) < 4.78 is 26.5. The molecule has 24 heavy (non-hydrogen) atoms. The van der Waals surface area contributed by atoms with Crippen LogP contribution in [0.1, 0.15) is 11.9 Å². The maximum absolute atomic E-state index is 12.2. The number of hydrogen-bond donors (Lipinski definition) is 5. The first-order valence-electron chi connectivity index (χ1n) is 6.83. The summed E-state index contributed by atoms with van der Waals surface area (Å²) in [6.45, 7) is -0.543. The van der Waals surface area contributed by atoms with Crippen LogP contribution in [0, 0.1) is 0 Å². The Hall–Kier alpha value is -2.46. The zero-order valence-electron chi connectivity index (χ0n) is 12.4.